The summed E-state index contributed by atoms with van der Waals surface area (Å²) in [5.74, 6) is 0. The maximum absolute atomic E-state index is 3.40. The normalized spacial score (nSPS) is 20.7. The van der Waals surface area contributed by atoms with Gasteiger partial charge in [0, 0.05) is 11.4 Å². The number of anilines is 1. The van der Waals surface area contributed by atoms with Gasteiger partial charge in [0.05, 0.1) is 0 Å². The molecule has 0 bridgehead atoms. The second-order valence-electron chi connectivity index (χ2n) is 4.01. The predicted octanol–water partition coefficient (Wildman–Crippen LogP) is 4.79. The largest absolute Gasteiger partial charge is 0.356 e. The maximum atomic E-state index is 3.40. The molecular weight excluding hydrogens is 230 g/mol. The summed E-state index contributed by atoms with van der Waals surface area (Å²) in [5.41, 5.74) is 2.10. The first-order valence-corrected chi connectivity index (χ1v) is 6.32. The minimum Gasteiger partial charge on any atom is -0.356 e. The molecular formula is C18H17N. The van der Waals surface area contributed by atoms with Crippen LogP contribution in [-0.2, 0) is 0 Å². The van der Waals surface area contributed by atoms with Crippen molar-refractivity contribution in [2.75, 3.05) is 5.32 Å². The van der Waals surface area contributed by atoms with E-state index in [0.717, 1.165) is 11.4 Å². The predicted molar refractivity (Wildman–Crippen MR) is 83.2 cm³/mol. The van der Waals surface area contributed by atoms with E-state index < -0.39 is 0 Å². The lowest BCUT2D eigenvalue weighted by Gasteiger charge is -2.05. The monoisotopic (exact) mass is 247 g/mol. The standard InChI is InChI=1S/C18H17N/c1-2-5-9-13-17(14-10-6-3-1)19-18-15-11-7-4-8-12-16-18/h1-16,19H/b2-1?,3-1?,5-2?,6-3?,7-4-,8-4?,9-5?,10-6?,11-7?,12-8-,13-9?,14-10?,15-11-,16-12?,17-13?,17-14?,18-15?,18-16+. The van der Waals surface area contributed by atoms with Gasteiger partial charge in [0.1, 0.15) is 0 Å². The van der Waals surface area contributed by atoms with Crippen molar-refractivity contribution < 1.29 is 0 Å². The number of hydrogen-bond acceptors (Lipinski definition) is 1. The van der Waals surface area contributed by atoms with Crippen LogP contribution >= 0.6 is 0 Å². The Hall–Kier alpha value is -2.54. The molecule has 1 aliphatic carbocycles. The van der Waals surface area contributed by atoms with E-state index in [1.807, 2.05) is 97.1 Å². The van der Waals surface area contributed by atoms with Gasteiger partial charge < -0.3 is 5.32 Å². The number of hydrogen-bond donors (Lipinski definition) is 1. The zero-order valence-corrected chi connectivity index (χ0v) is 10.7. The van der Waals surface area contributed by atoms with Gasteiger partial charge in [-0.15, -0.1) is 0 Å². The molecule has 0 amide bonds. The minimum absolute atomic E-state index is 1.05. The molecule has 0 radical (unpaired) electrons. The van der Waals surface area contributed by atoms with E-state index in [2.05, 4.69) is 5.32 Å². The first kappa shape index (κ1) is 12.9. The first-order valence-electron chi connectivity index (χ1n) is 6.32. The van der Waals surface area contributed by atoms with Crippen molar-refractivity contribution in [3.63, 3.8) is 0 Å². The quantitative estimate of drug-likeness (QED) is 0.792. The molecule has 1 aromatic carbocycles. The molecule has 0 atom stereocenters. The molecule has 19 heavy (non-hydrogen) atoms. The van der Waals surface area contributed by atoms with Crippen LogP contribution in [-0.4, -0.2) is 0 Å². The zero-order valence-electron chi connectivity index (χ0n) is 10.7. The van der Waals surface area contributed by atoms with Crippen molar-refractivity contribution in [1.82, 2.24) is 0 Å². The lowest BCUT2D eigenvalue weighted by atomic mass is 10.2. The van der Waals surface area contributed by atoms with Gasteiger partial charge in [-0.05, 0) is 24.3 Å². The zero-order chi connectivity index (χ0) is 13.2. The van der Waals surface area contributed by atoms with Crippen LogP contribution in [0.2, 0.25) is 0 Å². The molecule has 1 N–H and O–H groups in total. The van der Waals surface area contributed by atoms with E-state index in [4.69, 9.17) is 0 Å². The van der Waals surface area contributed by atoms with Crippen LogP contribution in [0.1, 0.15) is 0 Å². The summed E-state index contributed by atoms with van der Waals surface area (Å²) in [6, 6.07) is 18.2. The van der Waals surface area contributed by atoms with E-state index in [9.17, 15) is 0 Å². The molecule has 0 unspecified atom stereocenters. The van der Waals surface area contributed by atoms with Crippen LogP contribution in [0.5, 0.6) is 0 Å². The summed E-state index contributed by atoms with van der Waals surface area (Å²) >= 11 is 0. The van der Waals surface area contributed by atoms with Crippen molar-refractivity contribution in [2.45, 2.75) is 0 Å². The molecule has 0 aliphatic heterocycles. The highest BCUT2D eigenvalue weighted by Crippen LogP contribution is 2.09. The smallest absolute Gasteiger partial charge is 0.0384 e. The fraction of sp³-hybridized carbons (Fsp3) is 0. The Balaban J connectivity index is 2.23. The van der Waals surface area contributed by atoms with Crippen LogP contribution in [0, 0.1) is 0 Å². The SMILES string of the molecule is C1=C\C=C/C(Nc2ccccccccc2)=C\C=C/1. The highest BCUT2D eigenvalue weighted by atomic mass is 14.9. The van der Waals surface area contributed by atoms with Crippen LogP contribution < -0.4 is 5.32 Å². The summed E-state index contributed by atoms with van der Waals surface area (Å²) in [4.78, 5) is 0. The summed E-state index contributed by atoms with van der Waals surface area (Å²) in [7, 11) is 0. The molecule has 2 rings (SSSR count). The van der Waals surface area contributed by atoms with E-state index >= 15 is 0 Å². The van der Waals surface area contributed by atoms with Gasteiger partial charge in [0.25, 0.3) is 0 Å². The third kappa shape index (κ3) is 5.09. The van der Waals surface area contributed by atoms with Crippen molar-refractivity contribution in [1.29, 1.82) is 0 Å². The van der Waals surface area contributed by atoms with Gasteiger partial charge in [-0.2, -0.15) is 0 Å². The van der Waals surface area contributed by atoms with E-state index in [1.165, 1.54) is 0 Å². The van der Waals surface area contributed by atoms with Crippen molar-refractivity contribution in [3.8, 4) is 0 Å². The third-order valence-corrected chi connectivity index (χ3v) is 2.50. The summed E-state index contributed by atoms with van der Waals surface area (Å²) in [5, 5.41) is 3.40. The average Bonchev–Trinajstić information content (AvgIpc) is 2.40. The molecule has 1 nitrogen and oxygen atoms in total. The van der Waals surface area contributed by atoms with Gasteiger partial charge >= 0.3 is 0 Å². The topological polar surface area (TPSA) is 12.0 Å². The van der Waals surface area contributed by atoms with Gasteiger partial charge in [-0.1, -0.05) is 72.8 Å². The lowest BCUT2D eigenvalue weighted by molar-refractivity contribution is 1.47. The Morgan fingerprint density at radius 1 is 0.579 bits per heavy atom. The number of nitrogens with one attached hydrogen (secondary N) is 1. The molecule has 0 spiro atoms. The van der Waals surface area contributed by atoms with Crippen LogP contribution in [0.15, 0.2) is 103 Å². The average molecular weight is 247 g/mol. The minimum atomic E-state index is 1.05. The second kappa shape index (κ2) is 7.72. The molecule has 0 heterocycles. The van der Waals surface area contributed by atoms with E-state index in [0.29, 0.717) is 0 Å². The molecule has 0 aromatic heterocycles. The summed E-state index contributed by atoms with van der Waals surface area (Å²) < 4.78 is 0. The van der Waals surface area contributed by atoms with Gasteiger partial charge in [-0.3, -0.25) is 0 Å². The summed E-state index contributed by atoms with van der Waals surface area (Å²) in [6.45, 7) is 0. The molecule has 0 fully saturated rings. The Labute approximate surface area is 114 Å². The van der Waals surface area contributed by atoms with E-state index in [-0.39, 0.29) is 0 Å². The van der Waals surface area contributed by atoms with Gasteiger partial charge in [-0.25, -0.2) is 0 Å². The van der Waals surface area contributed by atoms with Crippen molar-refractivity contribution in [2.24, 2.45) is 0 Å². The fourth-order valence-electron chi connectivity index (χ4n) is 1.59. The first-order chi connectivity index (χ1) is 9.45. The molecule has 1 aromatic rings. The van der Waals surface area contributed by atoms with Crippen molar-refractivity contribution >= 4 is 5.69 Å². The van der Waals surface area contributed by atoms with Crippen LogP contribution in [0.3, 0.4) is 0 Å². The van der Waals surface area contributed by atoms with Gasteiger partial charge in [0.2, 0.25) is 0 Å². The van der Waals surface area contributed by atoms with Crippen LogP contribution in [0.25, 0.3) is 0 Å². The Morgan fingerprint density at radius 3 is 1.89 bits per heavy atom. The van der Waals surface area contributed by atoms with E-state index in [1.54, 1.807) is 0 Å². The molecule has 1 heteroatoms. The Kier molecular flexibility index (Phi) is 5.24. The highest BCUT2D eigenvalue weighted by molar-refractivity contribution is 5.51. The van der Waals surface area contributed by atoms with Crippen LogP contribution in [0.4, 0.5) is 5.69 Å². The summed E-state index contributed by atoms with van der Waals surface area (Å²) in [6.07, 6.45) is 14.2. The molecule has 0 saturated carbocycles. The Bertz CT molecular complexity index is 551. The van der Waals surface area contributed by atoms with Gasteiger partial charge in [0.15, 0.2) is 0 Å². The third-order valence-electron chi connectivity index (χ3n) is 2.50. The fourth-order valence-corrected chi connectivity index (χ4v) is 1.59. The van der Waals surface area contributed by atoms with Crippen molar-refractivity contribution in [3.05, 3.63) is 103 Å². The molecule has 0 saturated heterocycles. The molecule has 94 valence electrons. The number of allylic oxidation sites excluding steroid dienone is 7. The number of rotatable bonds is 2. The highest BCUT2D eigenvalue weighted by Gasteiger charge is 1.91. The second-order valence-corrected chi connectivity index (χ2v) is 4.01. The maximum Gasteiger partial charge on any atom is 0.0384 e. The molecule has 1 aliphatic rings. The lowest BCUT2D eigenvalue weighted by Crippen LogP contribution is -1.95. The Morgan fingerprint density at radius 2 is 1.16 bits per heavy atom.